The number of nitrogens with one attached hydrogen (secondary N) is 1. The van der Waals surface area contributed by atoms with Crippen molar-refractivity contribution in [1.82, 2.24) is 5.43 Å². The molecule has 0 bridgehead atoms. The van der Waals surface area contributed by atoms with Crippen molar-refractivity contribution in [2.24, 2.45) is 5.84 Å². The number of halogens is 2. The second kappa shape index (κ2) is 6.15. The zero-order valence-corrected chi connectivity index (χ0v) is 11.4. The van der Waals surface area contributed by atoms with Gasteiger partial charge in [-0.3, -0.25) is 11.3 Å². The molecule has 0 heterocycles. The number of aryl methyl sites for hydroxylation is 1. The van der Waals surface area contributed by atoms with E-state index in [9.17, 15) is 4.39 Å². The van der Waals surface area contributed by atoms with E-state index in [4.69, 9.17) is 17.4 Å². The van der Waals surface area contributed by atoms with Crippen LogP contribution < -0.4 is 11.3 Å². The van der Waals surface area contributed by atoms with E-state index >= 15 is 0 Å². The zero-order chi connectivity index (χ0) is 13.8. The van der Waals surface area contributed by atoms with E-state index in [0.29, 0.717) is 11.4 Å². The van der Waals surface area contributed by atoms with E-state index in [1.165, 1.54) is 12.1 Å². The van der Waals surface area contributed by atoms with Gasteiger partial charge in [0.2, 0.25) is 0 Å². The summed E-state index contributed by atoms with van der Waals surface area (Å²) in [5, 5.41) is 0.706. The van der Waals surface area contributed by atoms with Crippen LogP contribution in [0.15, 0.2) is 42.5 Å². The molecular formula is C15H16ClFN2. The first-order chi connectivity index (χ1) is 9.10. The molecule has 100 valence electrons. The lowest BCUT2D eigenvalue weighted by atomic mass is 9.98. The molecule has 2 rings (SSSR count). The summed E-state index contributed by atoms with van der Waals surface area (Å²) in [6.07, 6.45) is 0.605. The first kappa shape index (κ1) is 14.0. The summed E-state index contributed by atoms with van der Waals surface area (Å²) in [6.45, 7) is 1.95. The second-order valence-electron chi connectivity index (χ2n) is 4.56. The largest absolute Gasteiger partial charge is 0.271 e. The molecule has 2 nitrogen and oxygen atoms in total. The normalized spacial score (nSPS) is 12.4. The van der Waals surface area contributed by atoms with Gasteiger partial charge < -0.3 is 0 Å². The highest BCUT2D eigenvalue weighted by molar-refractivity contribution is 6.31. The molecule has 4 heteroatoms. The Balaban J connectivity index is 2.22. The number of nitrogens with two attached hydrogens (primary N) is 1. The number of hydrogen-bond acceptors (Lipinski definition) is 2. The molecule has 2 aromatic carbocycles. The third-order valence-electron chi connectivity index (χ3n) is 3.13. The molecule has 2 aromatic rings. The molecule has 0 amide bonds. The Hall–Kier alpha value is -1.42. The van der Waals surface area contributed by atoms with Gasteiger partial charge in [-0.15, -0.1) is 0 Å². The van der Waals surface area contributed by atoms with Gasteiger partial charge in [0.25, 0.3) is 0 Å². The maximum absolute atomic E-state index is 13.2. The molecule has 0 aliphatic carbocycles. The quantitative estimate of drug-likeness (QED) is 0.663. The Bertz CT molecular complexity index is 572. The summed E-state index contributed by atoms with van der Waals surface area (Å²) < 4.78 is 13.2. The van der Waals surface area contributed by atoms with E-state index < -0.39 is 0 Å². The van der Waals surface area contributed by atoms with Crippen LogP contribution in [0.25, 0.3) is 0 Å². The molecule has 1 unspecified atom stereocenters. The summed E-state index contributed by atoms with van der Waals surface area (Å²) in [6, 6.07) is 12.2. The molecule has 0 aliphatic heterocycles. The fraction of sp³-hybridized carbons (Fsp3) is 0.200. The van der Waals surface area contributed by atoms with Crippen molar-refractivity contribution in [2.45, 2.75) is 19.4 Å². The highest BCUT2D eigenvalue weighted by atomic mass is 35.5. The van der Waals surface area contributed by atoms with Crippen LogP contribution in [0.3, 0.4) is 0 Å². The third-order valence-corrected chi connectivity index (χ3v) is 3.54. The van der Waals surface area contributed by atoms with E-state index in [0.717, 1.165) is 16.7 Å². The van der Waals surface area contributed by atoms with Crippen molar-refractivity contribution in [2.75, 3.05) is 0 Å². The molecule has 0 aromatic heterocycles. The Kier molecular flexibility index (Phi) is 4.53. The SMILES string of the molecule is Cc1ccc(C(Cc2cccc(F)c2)NN)cc1Cl. The van der Waals surface area contributed by atoms with Crippen LogP contribution in [0, 0.1) is 12.7 Å². The Labute approximate surface area is 117 Å². The number of hydrazine groups is 1. The minimum Gasteiger partial charge on any atom is -0.271 e. The van der Waals surface area contributed by atoms with Gasteiger partial charge in [-0.25, -0.2) is 4.39 Å². The lowest BCUT2D eigenvalue weighted by Crippen LogP contribution is -2.29. The van der Waals surface area contributed by atoms with Gasteiger partial charge in [-0.05, 0) is 48.2 Å². The smallest absolute Gasteiger partial charge is 0.123 e. The van der Waals surface area contributed by atoms with Gasteiger partial charge in [0.1, 0.15) is 5.82 Å². The Morgan fingerprint density at radius 2 is 2.05 bits per heavy atom. The highest BCUT2D eigenvalue weighted by Crippen LogP contribution is 2.23. The van der Waals surface area contributed by atoms with Crippen molar-refractivity contribution in [3.63, 3.8) is 0 Å². The van der Waals surface area contributed by atoms with E-state index in [2.05, 4.69) is 5.43 Å². The molecule has 0 fully saturated rings. The van der Waals surface area contributed by atoms with Gasteiger partial charge >= 0.3 is 0 Å². The predicted molar refractivity (Wildman–Crippen MR) is 76.4 cm³/mol. The van der Waals surface area contributed by atoms with Crippen LogP contribution in [0.4, 0.5) is 4.39 Å². The minimum atomic E-state index is -0.241. The van der Waals surface area contributed by atoms with Crippen molar-refractivity contribution >= 4 is 11.6 Å². The standard InChI is InChI=1S/C15H16ClFN2/c1-10-5-6-12(9-14(10)16)15(19-18)8-11-3-2-4-13(17)7-11/h2-7,9,15,19H,8,18H2,1H3. The van der Waals surface area contributed by atoms with Crippen LogP contribution in [-0.4, -0.2) is 0 Å². The zero-order valence-electron chi connectivity index (χ0n) is 10.7. The van der Waals surface area contributed by atoms with Crippen LogP contribution in [0.2, 0.25) is 5.02 Å². The molecule has 0 aliphatic rings. The number of hydrogen-bond donors (Lipinski definition) is 2. The first-order valence-electron chi connectivity index (χ1n) is 6.07. The Morgan fingerprint density at radius 1 is 1.26 bits per heavy atom. The summed E-state index contributed by atoms with van der Waals surface area (Å²) >= 11 is 6.11. The summed E-state index contributed by atoms with van der Waals surface area (Å²) in [7, 11) is 0. The summed E-state index contributed by atoms with van der Waals surface area (Å²) in [5.41, 5.74) is 5.65. The van der Waals surface area contributed by atoms with Crippen molar-refractivity contribution in [3.8, 4) is 0 Å². The molecule has 0 saturated carbocycles. The molecule has 1 atom stereocenters. The molecule has 3 N–H and O–H groups in total. The van der Waals surface area contributed by atoms with Gasteiger partial charge in [0.15, 0.2) is 0 Å². The number of benzene rings is 2. The maximum atomic E-state index is 13.2. The first-order valence-corrected chi connectivity index (χ1v) is 6.44. The lowest BCUT2D eigenvalue weighted by molar-refractivity contribution is 0.548. The predicted octanol–water partition coefficient (Wildman–Crippen LogP) is 3.53. The summed E-state index contributed by atoms with van der Waals surface area (Å²) in [5.74, 6) is 5.35. The number of rotatable bonds is 4. The molecule has 0 saturated heterocycles. The second-order valence-corrected chi connectivity index (χ2v) is 4.97. The summed E-state index contributed by atoms with van der Waals surface area (Å²) in [4.78, 5) is 0. The lowest BCUT2D eigenvalue weighted by Gasteiger charge is -2.17. The monoisotopic (exact) mass is 278 g/mol. The van der Waals surface area contributed by atoms with Crippen LogP contribution in [0.1, 0.15) is 22.7 Å². The van der Waals surface area contributed by atoms with E-state index in [-0.39, 0.29) is 11.9 Å². The Morgan fingerprint density at radius 3 is 2.68 bits per heavy atom. The molecule has 19 heavy (non-hydrogen) atoms. The van der Waals surface area contributed by atoms with Crippen molar-refractivity contribution < 1.29 is 4.39 Å². The van der Waals surface area contributed by atoms with Crippen LogP contribution in [0.5, 0.6) is 0 Å². The van der Waals surface area contributed by atoms with Crippen molar-refractivity contribution in [1.29, 1.82) is 0 Å². The fourth-order valence-corrected chi connectivity index (χ4v) is 2.19. The van der Waals surface area contributed by atoms with Crippen LogP contribution in [-0.2, 0) is 6.42 Å². The minimum absolute atomic E-state index is 0.0973. The highest BCUT2D eigenvalue weighted by Gasteiger charge is 2.12. The molecule has 0 spiro atoms. The fourth-order valence-electron chi connectivity index (χ4n) is 2.00. The molecule has 0 radical (unpaired) electrons. The van der Waals surface area contributed by atoms with Crippen molar-refractivity contribution in [3.05, 3.63) is 70.0 Å². The van der Waals surface area contributed by atoms with Crippen LogP contribution >= 0.6 is 11.6 Å². The van der Waals surface area contributed by atoms with Gasteiger partial charge in [-0.2, -0.15) is 0 Å². The maximum Gasteiger partial charge on any atom is 0.123 e. The van der Waals surface area contributed by atoms with E-state index in [1.54, 1.807) is 6.07 Å². The molecular weight excluding hydrogens is 263 g/mol. The average Bonchev–Trinajstić information content (AvgIpc) is 2.39. The average molecular weight is 279 g/mol. The van der Waals surface area contributed by atoms with Gasteiger partial charge in [0.05, 0.1) is 6.04 Å². The van der Waals surface area contributed by atoms with Gasteiger partial charge in [-0.1, -0.05) is 35.9 Å². The van der Waals surface area contributed by atoms with E-state index in [1.807, 2.05) is 31.2 Å². The van der Waals surface area contributed by atoms with Gasteiger partial charge in [0, 0.05) is 5.02 Å². The third kappa shape index (κ3) is 3.53. The topological polar surface area (TPSA) is 38.0 Å².